The van der Waals surface area contributed by atoms with Gasteiger partial charge >= 0.3 is 0 Å². The molecular formula is C19H20FN3O2. The Morgan fingerprint density at radius 3 is 2.68 bits per heavy atom. The van der Waals surface area contributed by atoms with Gasteiger partial charge in [0, 0.05) is 30.4 Å². The van der Waals surface area contributed by atoms with E-state index in [0.717, 1.165) is 16.9 Å². The second kappa shape index (κ2) is 6.93. The molecule has 1 aliphatic heterocycles. The van der Waals surface area contributed by atoms with Gasteiger partial charge in [-0.15, -0.1) is 0 Å². The summed E-state index contributed by atoms with van der Waals surface area (Å²) in [5.74, 6) is 0.688. The average Bonchev–Trinajstić information content (AvgIpc) is 2.54. The standard InChI is InChI=1S/C19H20FN3O2/c1-12(2)25-18-10-19(21-13(3)24)22-17-8-9-23(11-16(17)18)15-6-4-14(20)5-7-15/h4-10,12H,11H2,1-3H3,(H,21,22,24). The molecule has 0 saturated heterocycles. The summed E-state index contributed by atoms with van der Waals surface area (Å²) in [5, 5.41) is 2.70. The highest BCUT2D eigenvalue weighted by Crippen LogP contribution is 2.33. The molecule has 1 N–H and O–H groups in total. The number of fused-ring (bicyclic) bond motifs is 1. The molecule has 3 rings (SSSR count). The van der Waals surface area contributed by atoms with Crippen LogP contribution in [0.1, 0.15) is 32.0 Å². The van der Waals surface area contributed by atoms with Crippen LogP contribution in [0.5, 0.6) is 5.75 Å². The molecule has 2 aromatic rings. The van der Waals surface area contributed by atoms with Crippen molar-refractivity contribution in [2.24, 2.45) is 0 Å². The van der Waals surface area contributed by atoms with E-state index in [1.165, 1.54) is 19.1 Å². The van der Waals surface area contributed by atoms with Gasteiger partial charge in [0.25, 0.3) is 0 Å². The van der Waals surface area contributed by atoms with Gasteiger partial charge in [0.05, 0.1) is 18.3 Å². The molecule has 1 aromatic heterocycles. The number of hydrogen-bond donors (Lipinski definition) is 1. The molecule has 1 aromatic carbocycles. The van der Waals surface area contributed by atoms with Gasteiger partial charge < -0.3 is 15.0 Å². The quantitative estimate of drug-likeness (QED) is 0.915. The van der Waals surface area contributed by atoms with E-state index in [0.29, 0.717) is 18.1 Å². The van der Waals surface area contributed by atoms with E-state index in [9.17, 15) is 9.18 Å². The maximum Gasteiger partial charge on any atom is 0.222 e. The van der Waals surface area contributed by atoms with Crippen LogP contribution in [-0.4, -0.2) is 17.0 Å². The minimum atomic E-state index is -0.268. The average molecular weight is 341 g/mol. The normalized spacial score (nSPS) is 12.9. The van der Waals surface area contributed by atoms with Gasteiger partial charge in [0.2, 0.25) is 5.91 Å². The highest BCUT2D eigenvalue weighted by Gasteiger charge is 2.20. The SMILES string of the molecule is CC(=O)Nc1cc(OC(C)C)c2c(n1)C=CN(c1ccc(F)cc1)C2. The largest absolute Gasteiger partial charge is 0.490 e. The zero-order valence-corrected chi connectivity index (χ0v) is 14.4. The van der Waals surface area contributed by atoms with Gasteiger partial charge in [-0.3, -0.25) is 4.79 Å². The number of hydrogen-bond acceptors (Lipinski definition) is 4. The zero-order chi connectivity index (χ0) is 18.0. The molecule has 6 heteroatoms. The van der Waals surface area contributed by atoms with Crippen molar-refractivity contribution in [3.8, 4) is 5.75 Å². The van der Waals surface area contributed by atoms with E-state index in [4.69, 9.17) is 4.74 Å². The smallest absolute Gasteiger partial charge is 0.222 e. The van der Waals surface area contributed by atoms with Crippen LogP contribution in [0.2, 0.25) is 0 Å². The fourth-order valence-corrected chi connectivity index (χ4v) is 2.66. The first-order chi connectivity index (χ1) is 11.9. The number of carbonyl (C=O) groups excluding carboxylic acids is 1. The summed E-state index contributed by atoms with van der Waals surface area (Å²) in [7, 11) is 0. The highest BCUT2D eigenvalue weighted by atomic mass is 19.1. The van der Waals surface area contributed by atoms with Gasteiger partial charge in [0.1, 0.15) is 17.4 Å². The Labute approximate surface area is 146 Å². The minimum absolute atomic E-state index is 0.0122. The predicted molar refractivity (Wildman–Crippen MR) is 95.9 cm³/mol. The number of rotatable bonds is 4. The van der Waals surface area contributed by atoms with Crippen LogP contribution < -0.4 is 15.0 Å². The Hall–Kier alpha value is -2.89. The second-order valence-corrected chi connectivity index (χ2v) is 6.14. The number of anilines is 2. The number of nitrogens with one attached hydrogen (secondary N) is 1. The Bertz CT molecular complexity index is 816. The first-order valence-corrected chi connectivity index (χ1v) is 8.11. The van der Waals surface area contributed by atoms with Gasteiger partial charge in [-0.25, -0.2) is 9.37 Å². The van der Waals surface area contributed by atoms with Crippen molar-refractivity contribution in [1.82, 2.24) is 4.98 Å². The van der Waals surface area contributed by atoms with Crippen molar-refractivity contribution in [3.63, 3.8) is 0 Å². The molecule has 0 aliphatic carbocycles. The Morgan fingerprint density at radius 2 is 2.04 bits per heavy atom. The molecular weight excluding hydrogens is 321 g/mol. The van der Waals surface area contributed by atoms with Crippen LogP contribution in [0.15, 0.2) is 36.5 Å². The molecule has 0 atom stereocenters. The number of halogens is 1. The van der Waals surface area contributed by atoms with Crippen LogP contribution in [0.25, 0.3) is 6.08 Å². The van der Waals surface area contributed by atoms with Crippen molar-refractivity contribution < 1.29 is 13.9 Å². The third-order valence-corrected chi connectivity index (χ3v) is 3.68. The van der Waals surface area contributed by atoms with Gasteiger partial charge in [0.15, 0.2) is 0 Å². The molecule has 0 fully saturated rings. The topological polar surface area (TPSA) is 54.5 Å². The minimum Gasteiger partial charge on any atom is -0.490 e. The second-order valence-electron chi connectivity index (χ2n) is 6.14. The van der Waals surface area contributed by atoms with Gasteiger partial charge in [-0.1, -0.05) is 0 Å². The number of amides is 1. The lowest BCUT2D eigenvalue weighted by atomic mass is 10.1. The third kappa shape index (κ3) is 3.96. The lowest BCUT2D eigenvalue weighted by Crippen LogP contribution is -2.22. The van der Waals surface area contributed by atoms with Crippen molar-refractivity contribution >= 4 is 23.5 Å². The summed E-state index contributed by atoms with van der Waals surface area (Å²) in [6, 6.07) is 8.06. The molecule has 1 aliphatic rings. The lowest BCUT2D eigenvalue weighted by molar-refractivity contribution is -0.114. The van der Waals surface area contributed by atoms with Gasteiger partial charge in [-0.2, -0.15) is 0 Å². The summed E-state index contributed by atoms with van der Waals surface area (Å²) in [5.41, 5.74) is 2.56. The van der Waals surface area contributed by atoms with Crippen LogP contribution in [-0.2, 0) is 11.3 Å². The maximum atomic E-state index is 13.1. The Balaban J connectivity index is 1.97. The van der Waals surface area contributed by atoms with E-state index in [1.807, 2.05) is 31.0 Å². The monoisotopic (exact) mass is 341 g/mol. The van der Waals surface area contributed by atoms with Gasteiger partial charge in [-0.05, 0) is 44.2 Å². The maximum absolute atomic E-state index is 13.1. The fourth-order valence-electron chi connectivity index (χ4n) is 2.66. The van der Waals surface area contributed by atoms with E-state index in [1.54, 1.807) is 18.2 Å². The summed E-state index contributed by atoms with van der Waals surface area (Å²) in [6.07, 6.45) is 3.74. The summed E-state index contributed by atoms with van der Waals surface area (Å²) in [6.45, 7) is 5.88. The highest BCUT2D eigenvalue weighted by molar-refractivity contribution is 5.88. The summed E-state index contributed by atoms with van der Waals surface area (Å²) >= 11 is 0. The van der Waals surface area contributed by atoms with Crippen molar-refractivity contribution in [3.05, 3.63) is 53.6 Å². The van der Waals surface area contributed by atoms with Crippen molar-refractivity contribution in [2.75, 3.05) is 10.2 Å². The van der Waals surface area contributed by atoms with Crippen LogP contribution in [0.4, 0.5) is 15.9 Å². The van der Waals surface area contributed by atoms with E-state index >= 15 is 0 Å². The predicted octanol–water partition coefficient (Wildman–Crippen LogP) is 3.96. The number of nitrogens with zero attached hydrogens (tertiary/aromatic N) is 2. The number of ether oxygens (including phenoxy) is 1. The number of pyridine rings is 1. The first kappa shape index (κ1) is 17.0. The van der Waals surface area contributed by atoms with Crippen LogP contribution >= 0.6 is 0 Å². The molecule has 0 unspecified atom stereocenters. The molecule has 0 bridgehead atoms. The third-order valence-electron chi connectivity index (χ3n) is 3.68. The molecule has 0 radical (unpaired) electrons. The molecule has 0 saturated carbocycles. The van der Waals surface area contributed by atoms with Crippen molar-refractivity contribution in [2.45, 2.75) is 33.4 Å². The lowest BCUT2D eigenvalue weighted by Gasteiger charge is -2.27. The molecule has 0 spiro atoms. The zero-order valence-electron chi connectivity index (χ0n) is 14.4. The Kier molecular flexibility index (Phi) is 4.70. The van der Waals surface area contributed by atoms with Crippen molar-refractivity contribution in [1.29, 1.82) is 0 Å². The molecule has 25 heavy (non-hydrogen) atoms. The molecule has 2 heterocycles. The van der Waals surface area contributed by atoms with Crippen LogP contribution in [0.3, 0.4) is 0 Å². The first-order valence-electron chi connectivity index (χ1n) is 8.11. The Morgan fingerprint density at radius 1 is 1.32 bits per heavy atom. The molecule has 1 amide bonds. The molecule has 5 nitrogen and oxygen atoms in total. The van der Waals surface area contributed by atoms with Crippen LogP contribution in [0, 0.1) is 5.82 Å². The summed E-state index contributed by atoms with van der Waals surface area (Å²) < 4.78 is 19.1. The van der Waals surface area contributed by atoms with E-state index in [2.05, 4.69) is 10.3 Å². The van der Waals surface area contributed by atoms with E-state index in [-0.39, 0.29) is 17.8 Å². The number of carbonyl (C=O) groups is 1. The fraction of sp³-hybridized carbons (Fsp3) is 0.263. The summed E-state index contributed by atoms with van der Waals surface area (Å²) in [4.78, 5) is 17.8. The van der Waals surface area contributed by atoms with E-state index < -0.39 is 0 Å². The number of benzene rings is 1. The molecule has 130 valence electrons. The number of aromatic nitrogens is 1.